The molecular weight excluding hydrogens is 302 g/mol. The Labute approximate surface area is 143 Å². The van der Waals surface area contributed by atoms with E-state index in [1.807, 2.05) is 37.3 Å². The number of carbonyl (C=O) groups excluding carboxylic acids is 1. The average Bonchev–Trinajstić information content (AvgIpc) is 2.61. The number of carbonyl (C=O) groups is 1. The number of rotatable bonds is 8. The number of anilines is 1. The first-order chi connectivity index (χ1) is 11.6. The Morgan fingerprint density at radius 3 is 2.25 bits per heavy atom. The molecule has 0 aliphatic rings. The first-order valence-electron chi connectivity index (χ1n) is 8.20. The SMILES string of the molecule is COc1ccc(CCCCC(=O)Nc2ccc(OC)cc2C)cc1. The van der Waals surface area contributed by atoms with E-state index >= 15 is 0 Å². The molecule has 0 spiro atoms. The van der Waals surface area contributed by atoms with Crippen molar-refractivity contribution in [2.75, 3.05) is 19.5 Å². The Bertz CT molecular complexity index is 665. The minimum absolute atomic E-state index is 0.0537. The number of hydrogen-bond acceptors (Lipinski definition) is 3. The molecule has 0 aliphatic carbocycles. The van der Waals surface area contributed by atoms with Crippen molar-refractivity contribution in [1.82, 2.24) is 0 Å². The fourth-order valence-electron chi connectivity index (χ4n) is 2.52. The summed E-state index contributed by atoms with van der Waals surface area (Å²) in [6.07, 6.45) is 3.36. The summed E-state index contributed by atoms with van der Waals surface area (Å²) in [5.41, 5.74) is 3.11. The van der Waals surface area contributed by atoms with Crippen LogP contribution in [0.5, 0.6) is 11.5 Å². The monoisotopic (exact) mass is 327 g/mol. The van der Waals surface area contributed by atoms with Crippen molar-refractivity contribution in [3.8, 4) is 11.5 Å². The van der Waals surface area contributed by atoms with Gasteiger partial charge in [0.2, 0.25) is 5.91 Å². The number of ether oxygens (including phenoxy) is 2. The van der Waals surface area contributed by atoms with Crippen molar-refractivity contribution in [3.05, 3.63) is 53.6 Å². The van der Waals surface area contributed by atoms with E-state index in [9.17, 15) is 4.79 Å². The second-order valence-corrected chi connectivity index (χ2v) is 5.78. The van der Waals surface area contributed by atoms with Crippen molar-refractivity contribution in [3.63, 3.8) is 0 Å². The van der Waals surface area contributed by atoms with Crippen LogP contribution in [0.4, 0.5) is 5.69 Å². The molecule has 0 unspecified atom stereocenters. The lowest BCUT2D eigenvalue weighted by Crippen LogP contribution is -2.12. The van der Waals surface area contributed by atoms with Crippen molar-refractivity contribution in [2.24, 2.45) is 0 Å². The summed E-state index contributed by atoms with van der Waals surface area (Å²) in [4.78, 5) is 12.1. The third kappa shape index (κ3) is 5.30. The van der Waals surface area contributed by atoms with Gasteiger partial charge in [0, 0.05) is 12.1 Å². The van der Waals surface area contributed by atoms with Gasteiger partial charge in [0.15, 0.2) is 0 Å². The molecule has 0 aromatic heterocycles. The third-order valence-electron chi connectivity index (χ3n) is 3.99. The van der Waals surface area contributed by atoms with Gasteiger partial charge in [-0.15, -0.1) is 0 Å². The molecule has 1 N–H and O–H groups in total. The van der Waals surface area contributed by atoms with Crippen LogP contribution < -0.4 is 14.8 Å². The Balaban J connectivity index is 1.73. The van der Waals surface area contributed by atoms with Crippen LogP contribution in [0, 0.1) is 6.92 Å². The van der Waals surface area contributed by atoms with Crippen LogP contribution in [0.2, 0.25) is 0 Å². The lowest BCUT2D eigenvalue weighted by atomic mass is 10.1. The van der Waals surface area contributed by atoms with E-state index in [1.54, 1.807) is 14.2 Å². The summed E-state index contributed by atoms with van der Waals surface area (Å²) < 4.78 is 10.3. The predicted molar refractivity (Wildman–Crippen MR) is 96.9 cm³/mol. The lowest BCUT2D eigenvalue weighted by Gasteiger charge is -2.10. The molecule has 128 valence electrons. The quantitative estimate of drug-likeness (QED) is 0.733. The summed E-state index contributed by atoms with van der Waals surface area (Å²) >= 11 is 0. The van der Waals surface area contributed by atoms with Gasteiger partial charge in [-0.1, -0.05) is 12.1 Å². The minimum atomic E-state index is 0.0537. The molecule has 1 amide bonds. The molecule has 24 heavy (non-hydrogen) atoms. The highest BCUT2D eigenvalue weighted by Crippen LogP contribution is 2.21. The van der Waals surface area contributed by atoms with Crippen LogP contribution in [0.1, 0.15) is 30.4 Å². The fraction of sp³-hybridized carbons (Fsp3) is 0.350. The van der Waals surface area contributed by atoms with Crippen molar-refractivity contribution in [2.45, 2.75) is 32.6 Å². The van der Waals surface area contributed by atoms with Gasteiger partial charge >= 0.3 is 0 Å². The van der Waals surface area contributed by atoms with E-state index in [-0.39, 0.29) is 5.91 Å². The summed E-state index contributed by atoms with van der Waals surface area (Å²) in [6.45, 7) is 1.96. The van der Waals surface area contributed by atoms with Crippen LogP contribution in [-0.2, 0) is 11.2 Å². The van der Waals surface area contributed by atoms with Crippen molar-refractivity contribution >= 4 is 11.6 Å². The molecule has 2 aromatic carbocycles. The van der Waals surface area contributed by atoms with Gasteiger partial charge in [0.1, 0.15) is 11.5 Å². The molecule has 0 aliphatic heterocycles. The van der Waals surface area contributed by atoms with E-state index in [2.05, 4.69) is 17.4 Å². The zero-order chi connectivity index (χ0) is 17.4. The van der Waals surface area contributed by atoms with E-state index in [1.165, 1.54) is 5.56 Å². The Morgan fingerprint density at radius 2 is 1.62 bits per heavy atom. The van der Waals surface area contributed by atoms with Gasteiger partial charge in [-0.05, 0) is 67.6 Å². The number of methoxy groups -OCH3 is 2. The number of unbranched alkanes of at least 4 members (excludes halogenated alkanes) is 1. The molecular formula is C20H25NO3. The highest BCUT2D eigenvalue weighted by molar-refractivity contribution is 5.91. The van der Waals surface area contributed by atoms with Gasteiger partial charge < -0.3 is 14.8 Å². The van der Waals surface area contributed by atoms with E-state index < -0.39 is 0 Å². The van der Waals surface area contributed by atoms with Gasteiger partial charge in [-0.3, -0.25) is 4.79 Å². The second-order valence-electron chi connectivity index (χ2n) is 5.78. The molecule has 0 saturated carbocycles. The predicted octanol–water partition coefficient (Wildman–Crippen LogP) is 4.36. The number of benzene rings is 2. The Kier molecular flexibility index (Phi) is 6.67. The van der Waals surface area contributed by atoms with Gasteiger partial charge in [0.05, 0.1) is 14.2 Å². The van der Waals surface area contributed by atoms with Crippen LogP contribution >= 0.6 is 0 Å². The number of aryl methyl sites for hydroxylation is 2. The second kappa shape index (κ2) is 8.96. The molecule has 2 rings (SSSR count). The molecule has 0 radical (unpaired) electrons. The first-order valence-corrected chi connectivity index (χ1v) is 8.20. The van der Waals surface area contributed by atoms with Crippen LogP contribution in [0.15, 0.2) is 42.5 Å². The molecule has 4 heteroatoms. The Morgan fingerprint density at radius 1 is 0.958 bits per heavy atom. The topological polar surface area (TPSA) is 47.6 Å². The molecule has 0 fully saturated rings. The van der Waals surface area contributed by atoms with Crippen molar-refractivity contribution in [1.29, 1.82) is 0 Å². The van der Waals surface area contributed by atoms with Crippen LogP contribution in [0.3, 0.4) is 0 Å². The van der Waals surface area contributed by atoms with Crippen LogP contribution in [0.25, 0.3) is 0 Å². The summed E-state index contributed by atoms with van der Waals surface area (Å²) in [6, 6.07) is 13.7. The molecule has 0 bridgehead atoms. The van der Waals surface area contributed by atoms with Gasteiger partial charge in [-0.25, -0.2) is 0 Å². The summed E-state index contributed by atoms with van der Waals surface area (Å²) in [5, 5.41) is 2.96. The average molecular weight is 327 g/mol. The summed E-state index contributed by atoms with van der Waals surface area (Å²) in [7, 11) is 3.30. The lowest BCUT2D eigenvalue weighted by molar-refractivity contribution is -0.116. The zero-order valence-electron chi connectivity index (χ0n) is 14.6. The molecule has 0 atom stereocenters. The fourth-order valence-corrected chi connectivity index (χ4v) is 2.52. The largest absolute Gasteiger partial charge is 0.497 e. The smallest absolute Gasteiger partial charge is 0.224 e. The maximum atomic E-state index is 12.1. The normalized spacial score (nSPS) is 10.3. The maximum absolute atomic E-state index is 12.1. The molecule has 4 nitrogen and oxygen atoms in total. The zero-order valence-corrected chi connectivity index (χ0v) is 14.6. The number of hydrogen-bond donors (Lipinski definition) is 1. The van der Waals surface area contributed by atoms with E-state index in [0.717, 1.165) is 42.0 Å². The molecule has 0 saturated heterocycles. The number of amides is 1. The van der Waals surface area contributed by atoms with Gasteiger partial charge in [0.25, 0.3) is 0 Å². The number of nitrogens with one attached hydrogen (secondary N) is 1. The highest BCUT2D eigenvalue weighted by Gasteiger charge is 2.06. The molecule has 0 heterocycles. The minimum Gasteiger partial charge on any atom is -0.497 e. The van der Waals surface area contributed by atoms with E-state index in [4.69, 9.17) is 9.47 Å². The molecule has 2 aromatic rings. The standard InChI is InChI=1S/C20H25NO3/c1-15-14-18(24-3)12-13-19(15)21-20(22)7-5-4-6-16-8-10-17(23-2)11-9-16/h8-14H,4-7H2,1-3H3,(H,21,22). The third-order valence-corrected chi connectivity index (χ3v) is 3.99. The van der Waals surface area contributed by atoms with Gasteiger partial charge in [-0.2, -0.15) is 0 Å². The first kappa shape index (κ1) is 17.9. The van der Waals surface area contributed by atoms with Crippen molar-refractivity contribution < 1.29 is 14.3 Å². The highest BCUT2D eigenvalue weighted by atomic mass is 16.5. The summed E-state index contributed by atoms with van der Waals surface area (Å²) in [5.74, 6) is 1.72. The van der Waals surface area contributed by atoms with E-state index in [0.29, 0.717) is 6.42 Å². The van der Waals surface area contributed by atoms with Crippen LogP contribution in [-0.4, -0.2) is 20.1 Å². The Hall–Kier alpha value is -2.49. The maximum Gasteiger partial charge on any atom is 0.224 e.